The third-order valence-electron chi connectivity index (χ3n) is 3.74. The number of rotatable bonds is 6. The fourth-order valence-corrected chi connectivity index (χ4v) is 2.40. The molecule has 0 unspecified atom stereocenters. The van der Waals surface area contributed by atoms with E-state index in [1.54, 1.807) is 7.11 Å². The maximum absolute atomic E-state index is 5.39. The summed E-state index contributed by atoms with van der Waals surface area (Å²) in [5.74, 6) is 0.885. The van der Waals surface area contributed by atoms with Gasteiger partial charge in [0.1, 0.15) is 11.3 Å². The Balaban J connectivity index is 1.56. The van der Waals surface area contributed by atoms with E-state index in [4.69, 9.17) is 9.47 Å². The van der Waals surface area contributed by atoms with Crippen molar-refractivity contribution in [3.63, 3.8) is 0 Å². The van der Waals surface area contributed by atoms with Crippen molar-refractivity contribution in [2.75, 3.05) is 26.9 Å². The lowest BCUT2D eigenvalue weighted by atomic mass is 9.97. The molecule has 5 nitrogen and oxygen atoms in total. The van der Waals surface area contributed by atoms with Crippen molar-refractivity contribution < 1.29 is 9.47 Å². The van der Waals surface area contributed by atoms with Crippen LogP contribution in [-0.4, -0.2) is 36.4 Å². The summed E-state index contributed by atoms with van der Waals surface area (Å²) in [6, 6.07) is 8.12. The van der Waals surface area contributed by atoms with Gasteiger partial charge in [0.05, 0.1) is 26.7 Å². The maximum Gasteiger partial charge on any atom is 0.118 e. The van der Waals surface area contributed by atoms with Crippen molar-refractivity contribution in [1.82, 2.24) is 14.9 Å². The lowest BCUT2D eigenvalue weighted by Crippen LogP contribution is -2.57. The first-order chi connectivity index (χ1) is 9.82. The van der Waals surface area contributed by atoms with Crippen LogP contribution < -0.4 is 10.1 Å². The number of methoxy groups -OCH3 is 1. The van der Waals surface area contributed by atoms with Gasteiger partial charge in [-0.15, -0.1) is 0 Å². The van der Waals surface area contributed by atoms with Crippen LogP contribution in [0.2, 0.25) is 0 Å². The number of benzene rings is 1. The topological polar surface area (TPSA) is 48.3 Å². The molecule has 0 spiro atoms. The first-order valence-electron chi connectivity index (χ1n) is 6.72. The van der Waals surface area contributed by atoms with E-state index in [-0.39, 0.29) is 5.54 Å². The van der Waals surface area contributed by atoms with Gasteiger partial charge in [-0.3, -0.25) is 0 Å². The van der Waals surface area contributed by atoms with Crippen molar-refractivity contribution in [1.29, 1.82) is 0 Å². The number of nitrogens with zero attached hydrogens (tertiary/aromatic N) is 2. The van der Waals surface area contributed by atoms with Crippen LogP contribution in [0.25, 0.3) is 0 Å². The second-order valence-electron chi connectivity index (χ2n) is 5.14. The molecule has 1 saturated heterocycles. The van der Waals surface area contributed by atoms with Gasteiger partial charge < -0.3 is 19.4 Å². The highest BCUT2D eigenvalue weighted by atomic mass is 16.5. The molecule has 1 aliphatic heterocycles. The summed E-state index contributed by atoms with van der Waals surface area (Å²) in [6.45, 7) is 3.17. The Hall–Kier alpha value is -1.85. The van der Waals surface area contributed by atoms with E-state index in [0.29, 0.717) is 0 Å². The molecule has 0 atom stereocenters. The minimum atomic E-state index is 0.0168. The Morgan fingerprint density at radius 1 is 1.35 bits per heavy atom. The molecular formula is C15H19N3O2. The van der Waals surface area contributed by atoms with Gasteiger partial charge in [0.25, 0.3) is 0 Å². The van der Waals surface area contributed by atoms with Crippen molar-refractivity contribution in [2.45, 2.75) is 12.1 Å². The normalized spacial score (nSPS) is 16.6. The van der Waals surface area contributed by atoms with Gasteiger partial charge in [-0.1, -0.05) is 12.1 Å². The molecule has 1 aliphatic rings. The van der Waals surface area contributed by atoms with Crippen LogP contribution in [0.4, 0.5) is 0 Å². The lowest BCUT2D eigenvalue weighted by Gasteiger charge is -2.42. The molecule has 106 valence electrons. The molecule has 0 radical (unpaired) electrons. The number of imidazole rings is 1. The zero-order valence-corrected chi connectivity index (χ0v) is 11.6. The highest BCUT2D eigenvalue weighted by Crippen LogP contribution is 2.25. The van der Waals surface area contributed by atoms with Crippen LogP contribution in [0, 0.1) is 0 Å². The highest BCUT2D eigenvalue weighted by molar-refractivity contribution is 5.27. The average molecular weight is 273 g/mol. The first-order valence-corrected chi connectivity index (χ1v) is 6.72. The third-order valence-corrected chi connectivity index (χ3v) is 3.74. The molecule has 1 aromatic carbocycles. The Kier molecular flexibility index (Phi) is 3.71. The Labute approximate surface area is 118 Å². The molecule has 3 rings (SSSR count). The van der Waals surface area contributed by atoms with E-state index in [0.717, 1.165) is 32.1 Å². The largest absolute Gasteiger partial charge is 0.497 e. The van der Waals surface area contributed by atoms with Gasteiger partial charge in [-0.05, 0) is 17.7 Å². The van der Waals surface area contributed by atoms with E-state index in [2.05, 4.69) is 27.0 Å². The van der Waals surface area contributed by atoms with Crippen molar-refractivity contribution in [2.24, 2.45) is 0 Å². The van der Waals surface area contributed by atoms with E-state index in [1.807, 2.05) is 30.9 Å². The molecule has 0 bridgehead atoms. The zero-order valence-electron chi connectivity index (χ0n) is 11.6. The average Bonchev–Trinajstić information content (AvgIpc) is 2.97. The minimum Gasteiger partial charge on any atom is -0.497 e. The molecule has 0 aliphatic carbocycles. The summed E-state index contributed by atoms with van der Waals surface area (Å²) in [4.78, 5) is 4.12. The number of aromatic nitrogens is 2. The fraction of sp³-hybridized carbons (Fsp3) is 0.400. The Morgan fingerprint density at radius 3 is 2.70 bits per heavy atom. The predicted molar refractivity (Wildman–Crippen MR) is 75.7 cm³/mol. The monoisotopic (exact) mass is 273 g/mol. The summed E-state index contributed by atoms with van der Waals surface area (Å²) in [5, 5.41) is 3.50. The van der Waals surface area contributed by atoms with Crippen LogP contribution in [0.15, 0.2) is 43.0 Å². The molecule has 1 fully saturated rings. The molecule has 5 heteroatoms. The van der Waals surface area contributed by atoms with Gasteiger partial charge >= 0.3 is 0 Å². The molecule has 20 heavy (non-hydrogen) atoms. The molecule has 1 aromatic heterocycles. The minimum absolute atomic E-state index is 0.0168. The van der Waals surface area contributed by atoms with E-state index in [1.165, 1.54) is 5.56 Å². The molecular weight excluding hydrogens is 254 g/mol. The first kappa shape index (κ1) is 13.1. The zero-order chi connectivity index (χ0) is 13.8. The van der Waals surface area contributed by atoms with Crippen LogP contribution in [0.1, 0.15) is 5.56 Å². The second kappa shape index (κ2) is 5.64. The fourth-order valence-electron chi connectivity index (χ4n) is 2.40. The molecule has 0 saturated carbocycles. The summed E-state index contributed by atoms with van der Waals surface area (Å²) in [5.41, 5.74) is 1.26. The maximum atomic E-state index is 5.39. The van der Waals surface area contributed by atoms with Crippen LogP contribution in [-0.2, 0) is 16.8 Å². The van der Waals surface area contributed by atoms with E-state index < -0.39 is 0 Å². The highest BCUT2D eigenvalue weighted by Gasteiger charge is 2.39. The number of ether oxygens (including phenoxy) is 2. The van der Waals surface area contributed by atoms with Gasteiger partial charge in [0.2, 0.25) is 0 Å². The summed E-state index contributed by atoms with van der Waals surface area (Å²) >= 11 is 0. The predicted octanol–water partition coefficient (Wildman–Crippen LogP) is 1.41. The lowest BCUT2D eigenvalue weighted by molar-refractivity contribution is -0.0993. The van der Waals surface area contributed by atoms with E-state index in [9.17, 15) is 0 Å². The second-order valence-corrected chi connectivity index (χ2v) is 5.14. The standard InChI is InChI=1S/C15H19N3O2/c1-19-14-4-2-13(3-5-14)8-17-9-15(10-20-11-15)18-7-6-16-12-18/h2-7,12,17H,8-11H2,1H3. The Morgan fingerprint density at radius 2 is 2.15 bits per heavy atom. The van der Waals surface area contributed by atoms with Crippen molar-refractivity contribution in [3.05, 3.63) is 48.5 Å². The van der Waals surface area contributed by atoms with Crippen molar-refractivity contribution in [3.8, 4) is 5.75 Å². The van der Waals surface area contributed by atoms with E-state index >= 15 is 0 Å². The quantitative estimate of drug-likeness (QED) is 0.864. The Bertz CT molecular complexity index is 533. The SMILES string of the molecule is COc1ccc(CNCC2(n3ccnc3)COC2)cc1. The van der Waals surface area contributed by atoms with Gasteiger partial charge in [-0.25, -0.2) is 4.98 Å². The third kappa shape index (κ3) is 2.55. The number of hydrogen-bond acceptors (Lipinski definition) is 4. The van der Waals surface area contributed by atoms with Crippen molar-refractivity contribution >= 4 is 0 Å². The van der Waals surface area contributed by atoms with Crippen LogP contribution in [0.5, 0.6) is 5.75 Å². The van der Waals surface area contributed by atoms with Crippen LogP contribution in [0.3, 0.4) is 0 Å². The summed E-state index contributed by atoms with van der Waals surface area (Å²) in [6.07, 6.45) is 5.67. The molecule has 2 aromatic rings. The molecule has 1 N–H and O–H groups in total. The van der Waals surface area contributed by atoms with Gasteiger partial charge in [-0.2, -0.15) is 0 Å². The summed E-state index contributed by atoms with van der Waals surface area (Å²) < 4.78 is 12.7. The summed E-state index contributed by atoms with van der Waals surface area (Å²) in [7, 11) is 1.68. The number of hydrogen-bond donors (Lipinski definition) is 1. The molecule has 2 heterocycles. The number of nitrogens with one attached hydrogen (secondary N) is 1. The van der Waals surface area contributed by atoms with Crippen LogP contribution >= 0.6 is 0 Å². The van der Waals surface area contributed by atoms with Gasteiger partial charge in [0.15, 0.2) is 0 Å². The smallest absolute Gasteiger partial charge is 0.118 e. The molecule has 0 amide bonds. The van der Waals surface area contributed by atoms with Gasteiger partial charge in [0, 0.05) is 25.5 Å².